The average molecular weight is 435 g/mol. The summed E-state index contributed by atoms with van der Waals surface area (Å²) in [5, 5.41) is 0. The van der Waals surface area contributed by atoms with Crippen molar-refractivity contribution in [1.82, 2.24) is 9.21 Å². The van der Waals surface area contributed by atoms with Gasteiger partial charge in [0.25, 0.3) is 0 Å². The molecule has 1 fully saturated rings. The molecule has 1 aromatic carbocycles. The minimum absolute atomic E-state index is 0.00724. The first kappa shape index (κ1) is 22.8. The number of sulfonamides is 1. The largest absolute Gasteiger partial charge is 0.340 e. The highest BCUT2D eigenvalue weighted by molar-refractivity contribution is 7.92. The van der Waals surface area contributed by atoms with E-state index in [9.17, 15) is 26.0 Å². The molecule has 0 unspecified atom stereocenters. The predicted octanol–water partition coefficient (Wildman–Crippen LogP) is 1.65. The quantitative estimate of drug-likeness (QED) is 0.580. The lowest BCUT2D eigenvalue weighted by Gasteiger charge is -2.22. The van der Waals surface area contributed by atoms with Crippen LogP contribution in [0, 0.1) is 5.82 Å². The Balaban J connectivity index is 1.99. The van der Waals surface area contributed by atoms with Crippen molar-refractivity contribution in [3.63, 3.8) is 0 Å². The predicted molar refractivity (Wildman–Crippen MR) is 105 cm³/mol. The third kappa shape index (κ3) is 6.25. The van der Waals surface area contributed by atoms with Gasteiger partial charge in [-0.2, -0.15) is 4.31 Å². The number of nitrogens with zero attached hydrogens (tertiary/aromatic N) is 2. The summed E-state index contributed by atoms with van der Waals surface area (Å²) in [5.74, 6) is -1.56. The van der Waals surface area contributed by atoms with E-state index in [2.05, 4.69) is 0 Å². The highest BCUT2D eigenvalue weighted by Crippen LogP contribution is 2.18. The van der Waals surface area contributed by atoms with Crippen molar-refractivity contribution in [3.05, 3.63) is 30.1 Å². The van der Waals surface area contributed by atoms with Crippen LogP contribution < -0.4 is 0 Å². The van der Waals surface area contributed by atoms with Crippen LogP contribution in [-0.4, -0.2) is 69.6 Å². The average Bonchev–Trinajstić information content (AvgIpc) is 2.88. The van der Waals surface area contributed by atoms with Crippen LogP contribution in [0.4, 0.5) is 4.39 Å². The molecule has 1 aromatic rings. The van der Waals surface area contributed by atoms with Gasteiger partial charge < -0.3 is 4.90 Å². The van der Waals surface area contributed by atoms with Crippen molar-refractivity contribution in [2.45, 2.75) is 37.5 Å². The van der Waals surface area contributed by atoms with E-state index in [1.807, 2.05) is 6.92 Å². The Hall–Kier alpha value is -1.52. The van der Waals surface area contributed by atoms with E-state index >= 15 is 0 Å². The van der Waals surface area contributed by atoms with E-state index in [0.717, 1.165) is 25.0 Å². The van der Waals surface area contributed by atoms with Gasteiger partial charge in [-0.25, -0.2) is 21.2 Å². The van der Waals surface area contributed by atoms with Gasteiger partial charge in [-0.1, -0.05) is 19.8 Å². The minimum Gasteiger partial charge on any atom is -0.340 e. The van der Waals surface area contributed by atoms with Crippen LogP contribution in [0.25, 0.3) is 0 Å². The second kappa shape index (κ2) is 9.80. The van der Waals surface area contributed by atoms with E-state index in [1.165, 1.54) is 21.3 Å². The van der Waals surface area contributed by atoms with Crippen molar-refractivity contribution < 1.29 is 26.0 Å². The summed E-state index contributed by atoms with van der Waals surface area (Å²) in [7, 11) is -7.25. The zero-order valence-corrected chi connectivity index (χ0v) is 17.6. The summed E-state index contributed by atoms with van der Waals surface area (Å²) >= 11 is 0. The summed E-state index contributed by atoms with van der Waals surface area (Å²) in [6, 6.07) is 4.59. The fourth-order valence-electron chi connectivity index (χ4n) is 3.06. The summed E-state index contributed by atoms with van der Waals surface area (Å²) < 4.78 is 63.9. The van der Waals surface area contributed by atoms with Gasteiger partial charge in [-0.15, -0.1) is 0 Å². The molecule has 0 bridgehead atoms. The van der Waals surface area contributed by atoms with Crippen LogP contribution in [-0.2, 0) is 24.7 Å². The summed E-state index contributed by atoms with van der Waals surface area (Å²) in [6.45, 7) is 2.69. The van der Waals surface area contributed by atoms with Crippen molar-refractivity contribution in [2.24, 2.45) is 0 Å². The normalized spacial score (nSPS) is 16.7. The zero-order chi connectivity index (χ0) is 20.8. The van der Waals surface area contributed by atoms with E-state index in [1.54, 1.807) is 0 Å². The molecule has 10 heteroatoms. The molecule has 158 valence electrons. The molecule has 1 aliphatic heterocycles. The Morgan fingerprint density at radius 1 is 1.00 bits per heavy atom. The molecule has 1 aliphatic rings. The van der Waals surface area contributed by atoms with Gasteiger partial charge in [-0.05, 0) is 37.1 Å². The van der Waals surface area contributed by atoms with Crippen LogP contribution in [0.2, 0.25) is 0 Å². The summed E-state index contributed by atoms with van der Waals surface area (Å²) in [4.78, 5) is 13.8. The molecule has 0 saturated carbocycles. The molecule has 0 aromatic heterocycles. The van der Waals surface area contributed by atoms with Crippen LogP contribution in [0.15, 0.2) is 29.2 Å². The lowest BCUT2D eigenvalue weighted by atomic mass is 10.3. The molecule has 7 nitrogen and oxygen atoms in total. The number of benzene rings is 1. The number of halogens is 1. The third-order valence-electron chi connectivity index (χ3n) is 4.66. The van der Waals surface area contributed by atoms with E-state index in [-0.39, 0.29) is 30.3 Å². The standard InChI is InChI=1S/C18H27FN2O5S2/c1-2-3-4-14-27(23,24)15-18(22)20-10-5-11-21(13-12-20)28(25,26)17-8-6-16(19)7-9-17/h6-9H,2-5,10-15H2,1H3. The maximum atomic E-state index is 13.1. The first-order valence-electron chi connectivity index (χ1n) is 9.39. The molecule has 0 radical (unpaired) electrons. The van der Waals surface area contributed by atoms with Crippen molar-refractivity contribution in [3.8, 4) is 0 Å². The van der Waals surface area contributed by atoms with Gasteiger partial charge in [0.05, 0.1) is 10.6 Å². The lowest BCUT2D eigenvalue weighted by Crippen LogP contribution is -2.40. The second-order valence-corrected chi connectivity index (χ2v) is 11.0. The second-order valence-electron chi connectivity index (χ2n) is 6.89. The van der Waals surface area contributed by atoms with E-state index in [0.29, 0.717) is 19.4 Å². The number of rotatable bonds is 8. The first-order chi connectivity index (χ1) is 13.2. The molecule has 1 amide bonds. The molecular weight excluding hydrogens is 407 g/mol. The monoisotopic (exact) mass is 434 g/mol. The smallest absolute Gasteiger partial charge is 0.243 e. The molecule has 0 N–H and O–H groups in total. The number of hydrogen-bond acceptors (Lipinski definition) is 5. The van der Waals surface area contributed by atoms with Gasteiger partial charge in [0, 0.05) is 26.2 Å². The van der Waals surface area contributed by atoms with Crippen molar-refractivity contribution >= 4 is 25.8 Å². The first-order valence-corrected chi connectivity index (χ1v) is 12.7. The fraction of sp³-hybridized carbons (Fsp3) is 0.611. The van der Waals surface area contributed by atoms with Gasteiger partial charge in [0.1, 0.15) is 11.6 Å². The Labute approximate surface area is 166 Å². The highest BCUT2D eigenvalue weighted by atomic mass is 32.2. The van der Waals surface area contributed by atoms with Crippen molar-refractivity contribution in [2.75, 3.05) is 37.7 Å². The SMILES string of the molecule is CCCCCS(=O)(=O)CC(=O)N1CCCN(S(=O)(=O)c2ccc(F)cc2)CC1. The Morgan fingerprint density at radius 3 is 2.32 bits per heavy atom. The van der Waals surface area contributed by atoms with E-state index < -0.39 is 37.3 Å². The summed E-state index contributed by atoms with van der Waals surface area (Å²) in [5.41, 5.74) is 0. The number of unbranched alkanes of at least 4 members (excludes halogenated alkanes) is 2. The van der Waals surface area contributed by atoms with Gasteiger partial charge in [0.15, 0.2) is 9.84 Å². The number of carbonyl (C=O) groups is 1. The topological polar surface area (TPSA) is 91.8 Å². The third-order valence-corrected chi connectivity index (χ3v) is 8.17. The fourth-order valence-corrected chi connectivity index (χ4v) is 5.88. The number of carbonyl (C=O) groups excluding carboxylic acids is 1. The molecule has 0 spiro atoms. The van der Waals surface area contributed by atoms with Crippen LogP contribution in [0.1, 0.15) is 32.6 Å². The zero-order valence-electron chi connectivity index (χ0n) is 16.0. The van der Waals surface area contributed by atoms with Crippen LogP contribution >= 0.6 is 0 Å². The Morgan fingerprint density at radius 2 is 1.68 bits per heavy atom. The molecule has 0 aliphatic carbocycles. The minimum atomic E-state index is -3.79. The maximum absolute atomic E-state index is 13.1. The van der Waals surface area contributed by atoms with Gasteiger partial charge in [-0.3, -0.25) is 4.79 Å². The molecule has 1 saturated heterocycles. The lowest BCUT2D eigenvalue weighted by molar-refractivity contribution is -0.128. The maximum Gasteiger partial charge on any atom is 0.243 e. The van der Waals surface area contributed by atoms with Gasteiger partial charge >= 0.3 is 0 Å². The van der Waals surface area contributed by atoms with Crippen LogP contribution in [0.3, 0.4) is 0 Å². The van der Waals surface area contributed by atoms with Gasteiger partial charge in [0.2, 0.25) is 15.9 Å². The molecule has 1 heterocycles. The molecule has 28 heavy (non-hydrogen) atoms. The molecule has 2 rings (SSSR count). The Bertz CT molecular complexity index is 870. The summed E-state index contributed by atoms with van der Waals surface area (Å²) in [6.07, 6.45) is 2.64. The molecule has 0 atom stereocenters. The molecular formula is C18H27FN2O5S2. The highest BCUT2D eigenvalue weighted by Gasteiger charge is 2.29. The number of sulfone groups is 1. The number of amides is 1. The van der Waals surface area contributed by atoms with E-state index in [4.69, 9.17) is 0 Å². The Kier molecular flexibility index (Phi) is 7.97. The van der Waals surface area contributed by atoms with Crippen molar-refractivity contribution in [1.29, 1.82) is 0 Å². The van der Waals surface area contributed by atoms with Crippen LogP contribution in [0.5, 0.6) is 0 Å². The number of hydrogen-bond donors (Lipinski definition) is 0.